The van der Waals surface area contributed by atoms with Crippen LogP contribution < -0.4 is 15.8 Å². The fourth-order valence-corrected chi connectivity index (χ4v) is 3.43. The smallest absolute Gasteiger partial charge is 0.199 e. The number of nitrogens with one attached hydrogen (secondary N) is 1. The Kier molecular flexibility index (Phi) is 14.9. The minimum atomic E-state index is 0.383. The maximum atomic E-state index is 5.91. The van der Waals surface area contributed by atoms with Gasteiger partial charge >= 0.3 is 0 Å². The summed E-state index contributed by atoms with van der Waals surface area (Å²) in [7, 11) is 0. The molecule has 0 aromatic heterocycles. The molecule has 0 heterocycles. The van der Waals surface area contributed by atoms with E-state index in [0.717, 1.165) is 49.9 Å². The Bertz CT molecular complexity index is 557. The Morgan fingerprint density at radius 3 is 2.17 bits per heavy atom. The summed E-state index contributed by atoms with van der Waals surface area (Å²) in [4.78, 5) is 7.12. The fraction of sp³-hybridized carbons (Fsp3) is 0.720. The Morgan fingerprint density at radius 2 is 1.60 bits per heavy atom. The first-order chi connectivity index (χ1) is 14.6. The maximum absolute atomic E-state index is 5.91. The van der Waals surface area contributed by atoms with Crippen molar-refractivity contribution in [2.75, 3.05) is 26.2 Å². The molecular weight excluding hydrogens is 372 g/mol. The van der Waals surface area contributed by atoms with Crippen molar-refractivity contribution in [3.05, 3.63) is 24.3 Å². The first-order valence-corrected chi connectivity index (χ1v) is 12.1. The molecule has 0 saturated carbocycles. The first-order valence-electron chi connectivity index (χ1n) is 12.1. The van der Waals surface area contributed by atoms with Gasteiger partial charge in [-0.05, 0) is 64.4 Å². The summed E-state index contributed by atoms with van der Waals surface area (Å²) in [5.41, 5.74) is 6.57. The number of hydrogen-bond donors (Lipinski definition) is 2. The zero-order valence-corrected chi connectivity index (χ0v) is 20.0. The predicted molar refractivity (Wildman–Crippen MR) is 131 cm³/mol. The van der Waals surface area contributed by atoms with Crippen LogP contribution >= 0.6 is 0 Å². The number of guanidine groups is 1. The van der Waals surface area contributed by atoms with Crippen molar-refractivity contribution >= 4 is 11.6 Å². The van der Waals surface area contributed by atoms with Gasteiger partial charge in [0.15, 0.2) is 5.96 Å². The van der Waals surface area contributed by atoms with Gasteiger partial charge in [0.25, 0.3) is 0 Å². The molecule has 0 atom stereocenters. The molecule has 5 nitrogen and oxygen atoms in total. The third-order valence-corrected chi connectivity index (χ3v) is 5.24. The lowest BCUT2D eigenvalue weighted by Crippen LogP contribution is -2.45. The van der Waals surface area contributed by atoms with Crippen LogP contribution in [0.3, 0.4) is 0 Å². The molecule has 0 aliphatic rings. The van der Waals surface area contributed by atoms with Gasteiger partial charge in [0.05, 0.1) is 12.3 Å². The lowest BCUT2D eigenvalue weighted by molar-refractivity contribution is 0.304. The molecule has 172 valence electrons. The number of nitrogens with two attached hydrogens (primary N) is 1. The number of hydrogen-bond acceptors (Lipinski definition) is 3. The van der Waals surface area contributed by atoms with E-state index in [1.165, 1.54) is 44.9 Å². The summed E-state index contributed by atoms with van der Waals surface area (Å²) >= 11 is 0. The van der Waals surface area contributed by atoms with Crippen molar-refractivity contribution in [3.8, 4) is 5.75 Å². The van der Waals surface area contributed by atoms with E-state index < -0.39 is 0 Å². The van der Waals surface area contributed by atoms with Gasteiger partial charge < -0.3 is 20.7 Å². The van der Waals surface area contributed by atoms with Crippen molar-refractivity contribution in [2.45, 2.75) is 91.5 Å². The molecule has 30 heavy (non-hydrogen) atoms. The van der Waals surface area contributed by atoms with Crippen LogP contribution in [0.15, 0.2) is 29.3 Å². The molecule has 1 aromatic rings. The van der Waals surface area contributed by atoms with E-state index in [9.17, 15) is 0 Å². The highest BCUT2D eigenvalue weighted by atomic mass is 16.5. The average Bonchev–Trinajstić information content (AvgIpc) is 2.74. The fourth-order valence-electron chi connectivity index (χ4n) is 3.43. The van der Waals surface area contributed by atoms with Crippen LogP contribution in [0.2, 0.25) is 0 Å². The van der Waals surface area contributed by atoms with Crippen LogP contribution in [0.4, 0.5) is 5.69 Å². The Balaban J connectivity index is 2.47. The molecule has 5 heteroatoms. The second-order valence-corrected chi connectivity index (χ2v) is 8.20. The van der Waals surface area contributed by atoms with Gasteiger partial charge in [-0.1, -0.05) is 51.9 Å². The monoisotopic (exact) mass is 418 g/mol. The Hall–Kier alpha value is -1.75. The van der Waals surface area contributed by atoms with Crippen molar-refractivity contribution in [2.24, 2.45) is 10.7 Å². The minimum absolute atomic E-state index is 0.383. The average molecular weight is 419 g/mol. The summed E-state index contributed by atoms with van der Waals surface area (Å²) < 4.78 is 5.91. The molecule has 0 aliphatic heterocycles. The Labute approximate surface area is 185 Å². The zero-order chi connectivity index (χ0) is 22.0. The molecule has 0 spiro atoms. The first kappa shape index (κ1) is 26.3. The van der Waals surface area contributed by atoms with Crippen molar-refractivity contribution in [1.82, 2.24) is 10.2 Å². The number of nitrogens with zero attached hydrogens (tertiary/aromatic N) is 2. The summed E-state index contributed by atoms with van der Waals surface area (Å²) in [6.07, 6.45) is 11.5. The van der Waals surface area contributed by atoms with Gasteiger partial charge in [-0.25, -0.2) is 4.99 Å². The molecule has 0 radical (unpaired) electrons. The van der Waals surface area contributed by atoms with Crippen LogP contribution in [0.25, 0.3) is 0 Å². The highest BCUT2D eigenvalue weighted by molar-refractivity contribution is 5.83. The maximum Gasteiger partial charge on any atom is 0.199 e. The van der Waals surface area contributed by atoms with E-state index in [-0.39, 0.29) is 0 Å². The van der Waals surface area contributed by atoms with E-state index in [0.29, 0.717) is 12.6 Å². The van der Waals surface area contributed by atoms with Gasteiger partial charge in [-0.15, -0.1) is 0 Å². The van der Waals surface area contributed by atoms with Crippen molar-refractivity contribution in [3.63, 3.8) is 0 Å². The lowest BCUT2D eigenvalue weighted by Gasteiger charge is -2.29. The minimum Gasteiger partial charge on any atom is -0.494 e. The standard InChI is InChI=1S/C25H46N4O/c1-5-7-8-9-10-11-12-13-21-30-24-17-15-23(16-18-24)28-25(27-20-14-19-26)29(6-2)22(3)4/h15-18,22H,5-14,19-21,26H2,1-4H3,(H,27,28). The van der Waals surface area contributed by atoms with Crippen LogP contribution in [0.1, 0.15) is 85.5 Å². The van der Waals surface area contributed by atoms with Gasteiger partial charge in [-0.2, -0.15) is 0 Å². The number of unbranched alkanes of at least 4 members (excludes halogenated alkanes) is 7. The number of rotatable bonds is 16. The van der Waals surface area contributed by atoms with E-state index in [1.807, 2.05) is 24.3 Å². The predicted octanol–water partition coefficient (Wildman–Crippen LogP) is 5.86. The molecular formula is C25H46N4O. The normalized spacial score (nSPS) is 11.7. The summed E-state index contributed by atoms with van der Waals surface area (Å²) in [5, 5.41) is 3.45. The summed E-state index contributed by atoms with van der Waals surface area (Å²) in [5.74, 6) is 1.83. The molecule has 0 fully saturated rings. The SMILES string of the molecule is CCCCCCCCCCOc1ccc(/N=C(/NCCCN)N(CC)C(C)C)cc1. The largest absolute Gasteiger partial charge is 0.494 e. The lowest BCUT2D eigenvalue weighted by atomic mass is 10.1. The van der Waals surface area contributed by atoms with E-state index >= 15 is 0 Å². The molecule has 3 N–H and O–H groups in total. The molecule has 0 saturated heterocycles. The number of aliphatic imine (C=N–C) groups is 1. The van der Waals surface area contributed by atoms with E-state index in [1.54, 1.807) is 0 Å². The molecule has 0 bridgehead atoms. The van der Waals surface area contributed by atoms with Crippen LogP contribution in [0, 0.1) is 0 Å². The third-order valence-electron chi connectivity index (χ3n) is 5.24. The van der Waals surface area contributed by atoms with Gasteiger partial charge in [0.1, 0.15) is 5.75 Å². The van der Waals surface area contributed by atoms with Gasteiger partial charge in [0.2, 0.25) is 0 Å². The summed E-state index contributed by atoms with van der Waals surface area (Å²) in [6, 6.07) is 8.48. The molecule has 0 unspecified atom stereocenters. The number of ether oxygens (including phenoxy) is 1. The summed E-state index contributed by atoms with van der Waals surface area (Å²) in [6.45, 7) is 12.0. The number of benzene rings is 1. The second kappa shape index (κ2) is 17.0. The van der Waals surface area contributed by atoms with Gasteiger partial charge in [0, 0.05) is 19.1 Å². The van der Waals surface area contributed by atoms with Crippen LogP contribution in [-0.4, -0.2) is 43.1 Å². The van der Waals surface area contributed by atoms with Gasteiger partial charge in [-0.3, -0.25) is 0 Å². The Morgan fingerprint density at radius 1 is 0.967 bits per heavy atom. The van der Waals surface area contributed by atoms with E-state index in [2.05, 4.69) is 37.9 Å². The second-order valence-electron chi connectivity index (χ2n) is 8.20. The zero-order valence-electron chi connectivity index (χ0n) is 20.0. The van der Waals surface area contributed by atoms with Crippen molar-refractivity contribution < 1.29 is 4.74 Å². The molecule has 1 aromatic carbocycles. The van der Waals surface area contributed by atoms with Crippen LogP contribution in [0.5, 0.6) is 5.75 Å². The molecule has 1 rings (SSSR count). The molecule has 0 aliphatic carbocycles. The van der Waals surface area contributed by atoms with Crippen LogP contribution in [-0.2, 0) is 0 Å². The molecule has 0 amide bonds. The van der Waals surface area contributed by atoms with E-state index in [4.69, 9.17) is 15.5 Å². The highest BCUT2D eigenvalue weighted by Crippen LogP contribution is 2.19. The topological polar surface area (TPSA) is 62.9 Å². The quantitative estimate of drug-likeness (QED) is 0.200. The third kappa shape index (κ3) is 11.4. The highest BCUT2D eigenvalue weighted by Gasteiger charge is 2.12. The van der Waals surface area contributed by atoms with Crippen molar-refractivity contribution in [1.29, 1.82) is 0 Å².